The van der Waals surface area contributed by atoms with E-state index in [4.69, 9.17) is 4.74 Å². The second-order valence-corrected chi connectivity index (χ2v) is 14.9. The largest absolute Gasteiger partial charge is 0.444 e. The predicted molar refractivity (Wildman–Crippen MR) is 176 cm³/mol. The Balaban J connectivity index is 1.83. The molecule has 0 spiro atoms. The molecule has 4 amide bonds. The molecule has 4 atom stereocenters. The van der Waals surface area contributed by atoms with E-state index in [1.54, 1.807) is 34.6 Å². The fourth-order valence-corrected chi connectivity index (χ4v) is 6.33. The van der Waals surface area contributed by atoms with Gasteiger partial charge in [-0.15, -0.1) is 11.8 Å². The molecule has 1 aliphatic heterocycles. The Morgan fingerprint density at radius 1 is 1.02 bits per heavy atom. The highest BCUT2D eigenvalue weighted by Crippen LogP contribution is 2.40. The maximum atomic E-state index is 14.0. The van der Waals surface area contributed by atoms with Gasteiger partial charge in [-0.2, -0.15) is 0 Å². The molecule has 0 aromatic heterocycles. The summed E-state index contributed by atoms with van der Waals surface area (Å²) in [5.41, 5.74) is 2.05. The van der Waals surface area contributed by atoms with E-state index < -0.39 is 52.5 Å². The Morgan fingerprint density at radius 2 is 1.64 bits per heavy atom. The Bertz CT molecular complexity index is 1340. The van der Waals surface area contributed by atoms with E-state index >= 15 is 0 Å². The molecule has 1 saturated heterocycles. The average Bonchev–Trinajstić information content (AvgIpc) is 3.28. The van der Waals surface area contributed by atoms with Crippen molar-refractivity contribution < 1.29 is 29.0 Å². The Morgan fingerprint density at radius 3 is 2.24 bits per heavy atom. The van der Waals surface area contributed by atoms with Crippen LogP contribution in [-0.4, -0.2) is 74.3 Å². The Hall–Kier alpha value is -3.57. The van der Waals surface area contributed by atoms with Crippen molar-refractivity contribution in [1.29, 1.82) is 0 Å². The van der Waals surface area contributed by atoms with Gasteiger partial charge >= 0.3 is 6.09 Å². The number of alkyl carbamates (subject to hydrolysis) is 1. The highest BCUT2D eigenvalue weighted by molar-refractivity contribution is 8.00. The lowest BCUT2D eigenvalue weighted by Gasteiger charge is -2.34. The summed E-state index contributed by atoms with van der Waals surface area (Å²) in [6, 6.07) is 14.1. The minimum Gasteiger partial charge on any atom is -0.444 e. The van der Waals surface area contributed by atoms with Gasteiger partial charge in [0.25, 0.3) is 5.91 Å². The van der Waals surface area contributed by atoms with Crippen LogP contribution >= 0.6 is 11.8 Å². The van der Waals surface area contributed by atoms with Crippen LogP contribution in [0.25, 0.3) is 0 Å². The van der Waals surface area contributed by atoms with Crippen molar-refractivity contribution >= 4 is 35.6 Å². The highest BCUT2D eigenvalue weighted by atomic mass is 32.2. The van der Waals surface area contributed by atoms with E-state index in [-0.39, 0.29) is 24.1 Å². The summed E-state index contributed by atoms with van der Waals surface area (Å²) in [6.07, 6.45) is -2.27. The van der Waals surface area contributed by atoms with Gasteiger partial charge in [0.05, 0.1) is 11.9 Å². The SMILES string of the molecule is Cc1ccccc1CNC(=O)[C@H]1N(C(=O)[C@@H](O)[C@H](Cc2ccccc2)NC(=O)[C@@H](NC(=O)OC(C)(C)C)C(C)C)CSC1(C)C. The molecule has 45 heavy (non-hydrogen) atoms. The molecule has 2 aromatic carbocycles. The van der Waals surface area contributed by atoms with Crippen LogP contribution in [0.15, 0.2) is 54.6 Å². The minimum atomic E-state index is -1.66. The zero-order chi connectivity index (χ0) is 33.5. The third-order valence-corrected chi connectivity index (χ3v) is 9.05. The standard InChI is InChI=1S/C34H48N4O6S/c1-21(2)26(37-32(43)44-33(4,5)6)29(40)36-25(18-23-15-10-9-11-16-23)27(39)31(42)38-20-45-34(7,8)28(38)30(41)35-19-24-17-13-12-14-22(24)3/h9-17,21,25-28,39H,18-20H2,1-8H3,(H,35,41)(H,36,40)(H,37,43)/t25-,26-,27-,28+/m0/s1. The monoisotopic (exact) mass is 640 g/mol. The van der Waals surface area contributed by atoms with Gasteiger partial charge in [0.2, 0.25) is 11.8 Å². The Labute approximate surface area is 271 Å². The quantitative estimate of drug-likeness (QED) is 0.292. The van der Waals surface area contributed by atoms with E-state index in [9.17, 15) is 24.3 Å². The number of aliphatic hydroxyl groups excluding tert-OH is 1. The molecular formula is C34H48N4O6S. The topological polar surface area (TPSA) is 137 Å². The molecule has 0 aliphatic carbocycles. The molecule has 4 N–H and O–H groups in total. The zero-order valence-corrected chi connectivity index (χ0v) is 28.4. The summed E-state index contributed by atoms with van der Waals surface area (Å²) >= 11 is 1.45. The van der Waals surface area contributed by atoms with Gasteiger partial charge in [-0.25, -0.2) is 4.79 Å². The number of carbonyl (C=O) groups is 4. The normalized spacial score (nSPS) is 18.1. The van der Waals surface area contributed by atoms with Gasteiger partial charge in [0.1, 0.15) is 17.7 Å². The summed E-state index contributed by atoms with van der Waals surface area (Å²) in [6.45, 7) is 14.8. The molecule has 0 radical (unpaired) electrons. The number of rotatable bonds is 11. The first kappa shape index (κ1) is 35.9. The second kappa shape index (κ2) is 15.1. The summed E-state index contributed by atoms with van der Waals surface area (Å²) in [5.74, 6) is -1.66. The van der Waals surface area contributed by atoms with Crippen molar-refractivity contribution in [3.63, 3.8) is 0 Å². The number of amides is 4. The Kier molecular flexibility index (Phi) is 12.1. The molecule has 0 bridgehead atoms. The van der Waals surface area contributed by atoms with Crippen molar-refractivity contribution in [1.82, 2.24) is 20.9 Å². The van der Waals surface area contributed by atoms with Crippen LogP contribution in [0.5, 0.6) is 0 Å². The molecule has 2 aromatic rings. The summed E-state index contributed by atoms with van der Waals surface area (Å²) in [7, 11) is 0. The van der Waals surface area contributed by atoms with Crippen LogP contribution in [-0.2, 0) is 32.1 Å². The number of carbonyl (C=O) groups excluding carboxylic acids is 4. The van der Waals surface area contributed by atoms with Crippen molar-refractivity contribution in [3.8, 4) is 0 Å². The van der Waals surface area contributed by atoms with Gasteiger partial charge in [-0.05, 0) is 70.6 Å². The maximum absolute atomic E-state index is 14.0. The van der Waals surface area contributed by atoms with E-state index in [0.717, 1.165) is 16.7 Å². The number of aryl methyl sites for hydroxylation is 1. The molecule has 1 fully saturated rings. The van der Waals surface area contributed by atoms with Gasteiger partial charge in [-0.1, -0.05) is 68.4 Å². The van der Waals surface area contributed by atoms with Crippen LogP contribution in [0.2, 0.25) is 0 Å². The summed E-state index contributed by atoms with van der Waals surface area (Å²) in [4.78, 5) is 55.0. The van der Waals surface area contributed by atoms with Gasteiger partial charge in [0, 0.05) is 11.3 Å². The molecule has 1 heterocycles. The number of nitrogens with one attached hydrogen (secondary N) is 3. The first-order valence-corrected chi connectivity index (χ1v) is 16.3. The van der Waals surface area contributed by atoms with Crippen LogP contribution < -0.4 is 16.0 Å². The number of nitrogens with zero attached hydrogens (tertiary/aromatic N) is 1. The van der Waals surface area contributed by atoms with Crippen LogP contribution in [0.3, 0.4) is 0 Å². The minimum absolute atomic E-state index is 0.144. The fraction of sp³-hybridized carbons (Fsp3) is 0.529. The molecule has 11 heteroatoms. The molecular weight excluding hydrogens is 592 g/mol. The number of aliphatic hydroxyl groups is 1. The van der Waals surface area contributed by atoms with E-state index in [1.165, 1.54) is 16.7 Å². The highest BCUT2D eigenvalue weighted by Gasteiger charge is 2.50. The first-order chi connectivity index (χ1) is 21.0. The van der Waals surface area contributed by atoms with E-state index in [0.29, 0.717) is 6.54 Å². The molecule has 1 aliphatic rings. The first-order valence-electron chi connectivity index (χ1n) is 15.3. The van der Waals surface area contributed by atoms with E-state index in [2.05, 4.69) is 16.0 Å². The van der Waals surface area contributed by atoms with Crippen molar-refractivity contribution in [2.24, 2.45) is 5.92 Å². The van der Waals surface area contributed by atoms with Crippen LogP contribution in [0, 0.1) is 12.8 Å². The van der Waals surface area contributed by atoms with Crippen LogP contribution in [0.4, 0.5) is 4.79 Å². The summed E-state index contributed by atoms with van der Waals surface area (Å²) < 4.78 is 4.73. The molecule has 0 saturated carbocycles. The van der Waals surface area contributed by atoms with Crippen molar-refractivity contribution in [2.75, 3.05) is 5.88 Å². The molecule has 0 unspecified atom stereocenters. The lowest BCUT2D eigenvalue weighted by molar-refractivity contribution is -0.148. The summed E-state index contributed by atoms with van der Waals surface area (Å²) in [5, 5.41) is 20.0. The number of hydrogen-bond donors (Lipinski definition) is 4. The van der Waals surface area contributed by atoms with Gasteiger partial charge in [-0.3, -0.25) is 14.4 Å². The molecule has 3 rings (SSSR count). The average molecular weight is 641 g/mol. The number of thioether (sulfide) groups is 1. The number of hydrogen-bond acceptors (Lipinski definition) is 7. The fourth-order valence-electron chi connectivity index (χ4n) is 5.19. The third kappa shape index (κ3) is 9.96. The second-order valence-electron chi connectivity index (χ2n) is 13.3. The van der Waals surface area contributed by atoms with Gasteiger partial charge in [0.15, 0.2) is 6.10 Å². The lowest BCUT2D eigenvalue weighted by Crippen LogP contribution is -2.60. The van der Waals surface area contributed by atoms with Crippen molar-refractivity contribution in [2.45, 2.75) is 103 Å². The third-order valence-electron chi connectivity index (χ3n) is 7.67. The zero-order valence-electron chi connectivity index (χ0n) is 27.5. The smallest absolute Gasteiger partial charge is 0.408 e. The molecule has 246 valence electrons. The number of benzene rings is 2. The maximum Gasteiger partial charge on any atom is 0.408 e. The number of ether oxygens (including phenoxy) is 1. The van der Waals surface area contributed by atoms with Crippen LogP contribution in [0.1, 0.15) is 65.2 Å². The van der Waals surface area contributed by atoms with Gasteiger partial charge < -0.3 is 30.7 Å². The van der Waals surface area contributed by atoms with Crippen molar-refractivity contribution in [3.05, 3.63) is 71.3 Å². The van der Waals surface area contributed by atoms with E-state index in [1.807, 2.05) is 75.4 Å². The molecule has 10 nitrogen and oxygen atoms in total. The predicted octanol–water partition coefficient (Wildman–Crippen LogP) is 3.93. The lowest BCUT2D eigenvalue weighted by atomic mass is 9.96.